The number of ether oxygens (including phenoxy) is 1. The number of hydrogen-bond acceptors (Lipinski definition) is 1. The van der Waals surface area contributed by atoms with E-state index < -0.39 is 0 Å². The average molecular weight is 297 g/mol. The number of benzene rings is 1. The third-order valence-corrected chi connectivity index (χ3v) is 5.48. The first-order chi connectivity index (χ1) is 9.65. The van der Waals surface area contributed by atoms with Crippen molar-refractivity contribution in [2.24, 2.45) is 11.8 Å². The van der Waals surface area contributed by atoms with Gasteiger partial charge in [0.1, 0.15) is 17.7 Å². The van der Waals surface area contributed by atoms with Crippen molar-refractivity contribution in [1.82, 2.24) is 0 Å². The molecule has 1 aromatic carbocycles. The summed E-state index contributed by atoms with van der Waals surface area (Å²) >= 11 is 6.50. The third-order valence-electron chi connectivity index (χ3n) is 4.91. The molecule has 0 radical (unpaired) electrons. The van der Waals surface area contributed by atoms with E-state index in [1.807, 2.05) is 0 Å². The lowest BCUT2D eigenvalue weighted by atomic mass is 9.77. The Bertz CT molecular complexity index is 476. The third kappa shape index (κ3) is 2.95. The van der Waals surface area contributed by atoms with Crippen LogP contribution in [0.3, 0.4) is 0 Å². The standard InChI is InChI=1S/C17H22ClFO/c1-2-11-3-5-16(18)12(7-11)9-15-10-13-8-14(19)4-6-17(13)20-15/h4,6,8,11-12,15-16H,2-3,5,7,9-10H2,1H3. The van der Waals surface area contributed by atoms with E-state index in [0.29, 0.717) is 5.92 Å². The van der Waals surface area contributed by atoms with Crippen LogP contribution in [0.2, 0.25) is 0 Å². The van der Waals surface area contributed by atoms with Gasteiger partial charge in [0.25, 0.3) is 0 Å². The Morgan fingerprint density at radius 3 is 3.00 bits per heavy atom. The van der Waals surface area contributed by atoms with Gasteiger partial charge in [-0.25, -0.2) is 4.39 Å². The highest BCUT2D eigenvalue weighted by molar-refractivity contribution is 6.20. The summed E-state index contributed by atoms with van der Waals surface area (Å²) in [7, 11) is 0. The number of rotatable bonds is 3. The summed E-state index contributed by atoms with van der Waals surface area (Å²) in [6, 6.07) is 4.82. The maximum absolute atomic E-state index is 13.2. The van der Waals surface area contributed by atoms with Crippen molar-refractivity contribution in [3.63, 3.8) is 0 Å². The molecule has 4 atom stereocenters. The molecule has 0 N–H and O–H groups in total. The van der Waals surface area contributed by atoms with E-state index in [1.165, 1.54) is 25.3 Å². The van der Waals surface area contributed by atoms with Gasteiger partial charge in [0.2, 0.25) is 0 Å². The molecule has 20 heavy (non-hydrogen) atoms. The largest absolute Gasteiger partial charge is 0.490 e. The molecule has 1 heterocycles. The molecule has 0 bridgehead atoms. The van der Waals surface area contributed by atoms with Gasteiger partial charge in [-0.3, -0.25) is 0 Å². The molecule has 0 amide bonds. The van der Waals surface area contributed by atoms with Gasteiger partial charge in [0.15, 0.2) is 0 Å². The predicted molar refractivity (Wildman–Crippen MR) is 79.9 cm³/mol. The molecule has 110 valence electrons. The highest BCUT2D eigenvalue weighted by atomic mass is 35.5. The van der Waals surface area contributed by atoms with Crippen molar-refractivity contribution in [2.45, 2.75) is 56.9 Å². The average Bonchev–Trinajstić information content (AvgIpc) is 2.82. The van der Waals surface area contributed by atoms with Gasteiger partial charge < -0.3 is 4.74 Å². The highest BCUT2D eigenvalue weighted by Gasteiger charge is 2.33. The number of hydrogen-bond donors (Lipinski definition) is 0. The summed E-state index contributed by atoms with van der Waals surface area (Å²) in [6.07, 6.45) is 6.85. The Morgan fingerprint density at radius 1 is 1.35 bits per heavy atom. The molecular formula is C17H22ClFO. The first-order valence-electron chi connectivity index (χ1n) is 7.75. The van der Waals surface area contributed by atoms with Crippen molar-refractivity contribution in [2.75, 3.05) is 0 Å². The smallest absolute Gasteiger partial charge is 0.123 e. The molecule has 1 fully saturated rings. The van der Waals surface area contributed by atoms with Crippen LogP contribution in [0, 0.1) is 17.7 Å². The molecule has 1 aromatic rings. The highest BCUT2D eigenvalue weighted by Crippen LogP contribution is 2.39. The molecule has 0 spiro atoms. The van der Waals surface area contributed by atoms with Crippen LogP contribution in [0.15, 0.2) is 18.2 Å². The van der Waals surface area contributed by atoms with Crippen LogP contribution in [-0.4, -0.2) is 11.5 Å². The summed E-state index contributed by atoms with van der Waals surface area (Å²) in [6.45, 7) is 2.26. The SMILES string of the molecule is CCC1CCC(Cl)C(CC2Cc3cc(F)ccc3O2)C1. The Labute approximate surface area is 125 Å². The van der Waals surface area contributed by atoms with Gasteiger partial charge >= 0.3 is 0 Å². The minimum atomic E-state index is -0.174. The van der Waals surface area contributed by atoms with E-state index in [4.69, 9.17) is 16.3 Å². The fraction of sp³-hybridized carbons (Fsp3) is 0.647. The molecule has 1 saturated carbocycles. The van der Waals surface area contributed by atoms with Gasteiger partial charge in [0.05, 0.1) is 0 Å². The lowest BCUT2D eigenvalue weighted by Crippen LogP contribution is -2.30. The van der Waals surface area contributed by atoms with Crippen LogP contribution < -0.4 is 4.74 Å². The van der Waals surface area contributed by atoms with Gasteiger partial charge in [0, 0.05) is 17.4 Å². The molecular weight excluding hydrogens is 275 g/mol. The van der Waals surface area contributed by atoms with Crippen LogP contribution in [0.5, 0.6) is 5.75 Å². The maximum Gasteiger partial charge on any atom is 0.123 e. The second-order valence-corrected chi connectivity index (χ2v) is 6.86. The topological polar surface area (TPSA) is 9.23 Å². The summed E-state index contributed by atoms with van der Waals surface area (Å²) in [5.41, 5.74) is 1.00. The van der Waals surface area contributed by atoms with Crippen LogP contribution >= 0.6 is 11.6 Å². The van der Waals surface area contributed by atoms with Crippen LogP contribution in [0.25, 0.3) is 0 Å². The zero-order valence-corrected chi connectivity index (χ0v) is 12.7. The molecule has 1 aliphatic carbocycles. The zero-order valence-electron chi connectivity index (χ0n) is 11.9. The molecule has 3 rings (SSSR count). The molecule has 4 unspecified atom stereocenters. The Hall–Kier alpha value is -0.760. The van der Waals surface area contributed by atoms with Gasteiger partial charge in [-0.05, 0) is 55.7 Å². The van der Waals surface area contributed by atoms with Gasteiger partial charge in [-0.2, -0.15) is 0 Å². The fourth-order valence-electron chi connectivity index (χ4n) is 3.70. The number of alkyl halides is 1. The van der Waals surface area contributed by atoms with Crippen molar-refractivity contribution >= 4 is 11.6 Å². The Morgan fingerprint density at radius 2 is 2.20 bits per heavy atom. The van der Waals surface area contributed by atoms with E-state index in [1.54, 1.807) is 12.1 Å². The zero-order chi connectivity index (χ0) is 14.1. The van der Waals surface area contributed by atoms with E-state index in [2.05, 4.69) is 6.92 Å². The molecule has 1 nitrogen and oxygen atoms in total. The van der Waals surface area contributed by atoms with Gasteiger partial charge in [-0.1, -0.05) is 13.3 Å². The first kappa shape index (κ1) is 14.2. The first-order valence-corrected chi connectivity index (χ1v) is 8.18. The quantitative estimate of drug-likeness (QED) is 0.717. The summed E-state index contributed by atoms with van der Waals surface area (Å²) in [5, 5.41) is 0.279. The predicted octanol–water partition coefficient (Wildman–Crippen LogP) is 4.95. The van der Waals surface area contributed by atoms with E-state index in [0.717, 1.165) is 36.5 Å². The van der Waals surface area contributed by atoms with E-state index >= 15 is 0 Å². The number of fused-ring (bicyclic) bond motifs is 1. The Kier molecular flexibility index (Phi) is 4.21. The Balaban J connectivity index is 1.62. The van der Waals surface area contributed by atoms with Crippen molar-refractivity contribution < 1.29 is 9.13 Å². The molecule has 0 aromatic heterocycles. The number of halogens is 2. The van der Waals surface area contributed by atoms with Crippen molar-refractivity contribution in [3.8, 4) is 5.75 Å². The monoisotopic (exact) mass is 296 g/mol. The van der Waals surface area contributed by atoms with Crippen molar-refractivity contribution in [3.05, 3.63) is 29.6 Å². The van der Waals surface area contributed by atoms with Crippen LogP contribution in [0.4, 0.5) is 4.39 Å². The lowest BCUT2D eigenvalue weighted by molar-refractivity contribution is 0.158. The van der Waals surface area contributed by atoms with Gasteiger partial charge in [-0.15, -0.1) is 11.6 Å². The summed E-state index contributed by atoms with van der Waals surface area (Å²) < 4.78 is 19.2. The molecule has 1 aliphatic heterocycles. The molecule has 0 saturated heterocycles. The maximum atomic E-state index is 13.2. The second kappa shape index (κ2) is 5.93. The minimum absolute atomic E-state index is 0.174. The lowest BCUT2D eigenvalue weighted by Gasteiger charge is -2.33. The summed E-state index contributed by atoms with van der Waals surface area (Å²) in [5.74, 6) is 2.04. The van der Waals surface area contributed by atoms with E-state index in [9.17, 15) is 4.39 Å². The van der Waals surface area contributed by atoms with Crippen LogP contribution in [-0.2, 0) is 6.42 Å². The normalized spacial score (nSPS) is 32.8. The van der Waals surface area contributed by atoms with E-state index in [-0.39, 0.29) is 17.3 Å². The minimum Gasteiger partial charge on any atom is -0.490 e. The molecule has 2 aliphatic rings. The van der Waals surface area contributed by atoms with Crippen LogP contribution in [0.1, 0.15) is 44.6 Å². The fourth-order valence-corrected chi connectivity index (χ4v) is 4.03. The molecule has 3 heteroatoms. The second-order valence-electron chi connectivity index (χ2n) is 6.30. The van der Waals surface area contributed by atoms with Crippen molar-refractivity contribution in [1.29, 1.82) is 0 Å². The summed E-state index contributed by atoms with van der Waals surface area (Å²) in [4.78, 5) is 0.